The third kappa shape index (κ3) is 22.5. The number of fused-ring (bicyclic) bond motifs is 1. The van der Waals surface area contributed by atoms with E-state index in [1.54, 1.807) is 44.8 Å². The van der Waals surface area contributed by atoms with Crippen LogP contribution >= 0.6 is 11.3 Å². The number of ether oxygens (including phenoxy) is 2. The number of hydrogen-bond donors (Lipinski definition) is 8. The summed E-state index contributed by atoms with van der Waals surface area (Å²) in [7, 11) is 5.23. The van der Waals surface area contributed by atoms with Crippen LogP contribution < -0.4 is 42.0 Å². The first-order valence-electron chi connectivity index (χ1n) is 33.5. The fourth-order valence-corrected chi connectivity index (χ4v) is 12.0. The summed E-state index contributed by atoms with van der Waals surface area (Å²) in [6, 6.07) is -5.85. The van der Waals surface area contributed by atoms with Crippen LogP contribution in [0.2, 0.25) is 0 Å². The summed E-state index contributed by atoms with van der Waals surface area (Å²) < 4.78 is 11.6. The molecule has 33 heteroatoms. The van der Waals surface area contributed by atoms with Gasteiger partial charge in [-0.25, -0.2) is 9.78 Å². The molecular formula is C69H94N12O20S. The molecule has 0 spiro atoms. The molecular weight excluding hydrogens is 1350 g/mol. The molecule has 102 heavy (non-hydrogen) atoms. The fourth-order valence-electron chi connectivity index (χ4n) is 11.2. The minimum absolute atomic E-state index is 0.00335. The average Bonchev–Trinajstić information content (AvgIpc) is 0.865. The molecule has 0 bridgehead atoms. The van der Waals surface area contributed by atoms with Crippen LogP contribution in [-0.2, 0) is 87.9 Å². The van der Waals surface area contributed by atoms with Crippen LogP contribution in [0, 0.1) is 29.6 Å². The van der Waals surface area contributed by atoms with Gasteiger partial charge in [0.1, 0.15) is 46.7 Å². The Morgan fingerprint density at radius 1 is 0.735 bits per heavy atom. The van der Waals surface area contributed by atoms with E-state index in [-0.39, 0.29) is 71.3 Å². The van der Waals surface area contributed by atoms with Crippen LogP contribution in [0.15, 0.2) is 47.9 Å². The largest absolute Gasteiger partial charge is 0.481 e. The number of carboxylic acids is 1. The quantitative estimate of drug-likeness (QED) is 0.0326. The maximum absolute atomic E-state index is 14.5. The number of likely N-dealkylation sites (N-methyl/N-ethyl adjacent to an activating group) is 1. The summed E-state index contributed by atoms with van der Waals surface area (Å²) >= 11 is 1.01. The van der Waals surface area contributed by atoms with Crippen molar-refractivity contribution < 1.29 is 96.1 Å². The average molecular weight is 1440 g/mol. The fraction of sp³-hybridized carbons (Fsp3) is 0.565. The highest BCUT2D eigenvalue weighted by atomic mass is 32.1. The molecule has 5 rings (SSSR count). The van der Waals surface area contributed by atoms with Gasteiger partial charge in [-0.3, -0.25) is 91.4 Å². The molecule has 0 fully saturated rings. The van der Waals surface area contributed by atoms with E-state index in [2.05, 4.69) is 42.2 Å². The van der Waals surface area contributed by atoms with Gasteiger partial charge in [-0.15, -0.1) is 11.3 Å². The molecule has 0 saturated heterocycles. The summed E-state index contributed by atoms with van der Waals surface area (Å²) in [6.07, 6.45) is 1.05. The van der Waals surface area contributed by atoms with Crippen molar-refractivity contribution in [2.75, 3.05) is 39.5 Å². The lowest BCUT2D eigenvalue weighted by Crippen LogP contribution is -2.60. The number of rotatable bonds is 29. The van der Waals surface area contributed by atoms with Crippen molar-refractivity contribution >= 4 is 117 Å². The third-order valence-corrected chi connectivity index (χ3v) is 19.3. The normalized spacial score (nSPS) is 21.3. The number of carboxylic acid groups (broad SMARTS) is 1. The van der Waals surface area contributed by atoms with E-state index in [1.165, 1.54) is 65.1 Å². The zero-order chi connectivity index (χ0) is 76.5. The molecule has 7 unspecified atom stereocenters. The van der Waals surface area contributed by atoms with E-state index in [1.807, 2.05) is 27.7 Å². The van der Waals surface area contributed by atoms with Crippen molar-refractivity contribution in [3.63, 3.8) is 0 Å². The summed E-state index contributed by atoms with van der Waals surface area (Å²) in [6.45, 7) is 17.7. The van der Waals surface area contributed by atoms with E-state index in [4.69, 9.17) is 9.47 Å². The molecule has 4 heterocycles. The van der Waals surface area contributed by atoms with Crippen molar-refractivity contribution in [2.24, 2.45) is 29.6 Å². The van der Waals surface area contributed by atoms with Crippen LogP contribution in [0.3, 0.4) is 0 Å². The molecule has 12 amide bonds. The minimum Gasteiger partial charge on any atom is -0.481 e. The van der Waals surface area contributed by atoms with Crippen LogP contribution in [0.5, 0.6) is 5.75 Å². The Kier molecular flexibility index (Phi) is 29.7. The molecule has 1 aromatic heterocycles. The number of aliphatic carboxylic acids is 1. The maximum atomic E-state index is 14.5. The Hall–Kier alpha value is -9.92. The van der Waals surface area contributed by atoms with Gasteiger partial charge in [0.2, 0.25) is 41.4 Å². The molecule has 556 valence electrons. The lowest BCUT2D eigenvalue weighted by molar-refractivity contribution is -0.150. The second kappa shape index (κ2) is 36.6. The summed E-state index contributed by atoms with van der Waals surface area (Å²) in [5.74, 6) is -18.9. The number of imide groups is 2. The number of nitrogens with one attached hydrogen (secondary N) is 7. The van der Waals surface area contributed by atoms with E-state index >= 15 is 0 Å². The molecule has 1 aromatic carbocycles. The van der Waals surface area contributed by atoms with Crippen molar-refractivity contribution in [1.29, 1.82) is 0 Å². The molecule has 32 nitrogen and oxygen atoms in total. The number of carbonyl (C=O) groups excluding carboxylic acids is 16. The van der Waals surface area contributed by atoms with Gasteiger partial charge >= 0.3 is 17.9 Å². The molecule has 3 aliphatic rings. The number of hydrogen-bond acceptors (Lipinski definition) is 22. The predicted octanol–water partition coefficient (Wildman–Crippen LogP) is 1.60. The molecule has 2 aromatic rings. The highest BCUT2D eigenvalue weighted by Crippen LogP contribution is 2.34. The van der Waals surface area contributed by atoms with Gasteiger partial charge < -0.3 is 56.7 Å². The molecule has 12 atom stereocenters. The number of esters is 2. The van der Waals surface area contributed by atoms with E-state index in [0.29, 0.717) is 16.9 Å². The second-order valence-corrected chi connectivity index (χ2v) is 27.9. The summed E-state index contributed by atoms with van der Waals surface area (Å²) in [4.78, 5) is 239. The van der Waals surface area contributed by atoms with Gasteiger partial charge in [0.05, 0.1) is 23.1 Å². The van der Waals surface area contributed by atoms with Crippen LogP contribution in [0.25, 0.3) is 0 Å². The van der Waals surface area contributed by atoms with Gasteiger partial charge in [-0.2, -0.15) is 0 Å². The Morgan fingerprint density at radius 2 is 1.27 bits per heavy atom. The first kappa shape index (κ1) is 82.7. The number of carbonyl (C=O) groups is 17. The van der Waals surface area contributed by atoms with Crippen molar-refractivity contribution in [3.8, 4) is 5.75 Å². The van der Waals surface area contributed by atoms with Crippen molar-refractivity contribution in [3.05, 3.63) is 64.1 Å². The lowest BCUT2D eigenvalue weighted by Gasteiger charge is -2.38. The van der Waals surface area contributed by atoms with E-state index < -0.39 is 193 Å². The molecule has 0 aliphatic carbocycles. The Labute approximate surface area is 595 Å². The lowest BCUT2D eigenvalue weighted by atomic mass is 9.81. The molecule has 3 aliphatic heterocycles. The number of amides is 12. The number of benzene rings is 1. The van der Waals surface area contributed by atoms with E-state index in [0.717, 1.165) is 40.5 Å². The highest BCUT2D eigenvalue weighted by Gasteiger charge is 2.42. The topological polar surface area (TPSA) is 439 Å². The predicted molar refractivity (Wildman–Crippen MR) is 366 cm³/mol. The van der Waals surface area contributed by atoms with Crippen LogP contribution in [0.1, 0.15) is 155 Å². The summed E-state index contributed by atoms with van der Waals surface area (Å²) in [5.41, 5.74) is -0.889. The zero-order valence-corrected chi connectivity index (χ0v) is 60.9. The number of ketones is 2. The third-order valence-electron chi connectivity index (χ3n) is 18.4. The first-order chi connectivity index (χ1) is 47.6. The number of Topliss-reactive ketones (excluding diaryl/α,β-unsaturated/α-hetero) is 2. The van der Waals surface area contributed by atoms with Gasteiger partial charge in [0.25, 0.3) is 29.5 Å². The number of anilines is 1. The SMILES string of the molecule is CC[C@H](C)[C@H](CC(=O)C(C)(C)N(C)C)C(=O)N(C)[C@H](C[C@@H](OC(C)=O)c1nc(C(=O)N[C@@H](Cc2ccc3c(c2)NC(=O)C(C)NC(=O)C(C)NC(=O)C(NC(=O)CCN2C(=O)C=CC2=O)C(CC(=O)CCN2C(=O)C=CC2=O)C(=O)NC(C)C(=O)NC(C)C(=O)O3)CC(C)C(=O)O)cs1)C(C)C. The Morgan fingerprint density at radius 3 is 1.81 bits per heavy atom. The van der Waals surface area contributed by atoms with Crippen LogP contribution in [-0.4, -0.2) is 212 Å². The zero-order valence-electron chi connectivity index (χ0n) is 60.0. The molecule has 8 N–H and O–H groups in total. The smallest absolute Gasteiger partial charge is 0.333 e. The minimum atomic E-state index is -2.09. The van der Waals surface area contributed by atoms with Gasteiger partial charge in [0.15, 0.2) is 17.6 Å². The monoisotopic (exact) mass is 1440 g/mol. The van der Waals surface area contributed by atoms with Gasteiger partial charge in [0, 0.05) is 107 Å². The van der Waals surface area contributed by atoms with Crippen molar-refractivity contribution in [1.82, 2.24) is 56.5 Å². The number of nitrogens with zero attached hydrogens (tertiary/aromatic N) is 5. The number of thiazole rings is 1. The van der Waals surface area contributed by atoms with Crippen molar-refractivity contribution in [2.45, 2.75) is 188 Å². The Bertz CT molecular complexity index is 3620. The maximum Gasteiger partial charge on any atom is 0.333 e. The summed E-state index contributed by atoms with van der Waals surface area (Å²) in [5, 5.41) is 29.1. The highest BCUT2D eigenvalue weighted by molar-refractivity contribution is 7.09. The Balaban J connectivity index is 1.44. The van der Waals surface area contributed by atoms with Gasteiger partial charge in [-0.05, 0) is 98.0 Å². The molecule has 0 radical (unpaired) electrons. The van der Waals surface area contributed by atoms with E-state index in [9.17, 15) is 86.6 Å². The number of aromatic nitrogens is 1. The van der Waals surface area contributed by atoms with Crippen LogP contribution in [0.4, 0.5) is 5.69 Å². The second-order valence-electron chi connectivity index (χ2n) is 27.0. The first-order valence-corrected chi connectivity index (χ1v) is 34.4. The van der Waals surface area contributed by atoms with Gasteiger partial charge in [-0.1, -0.05) is 47.1 Å². The molecule has 0 saturated carbocycles. The standard InChI is InChI=1S/C69H94N12O20S/c1-16-35(4)45(31-52(84)69(11,12)78(13)14)66(96)79(15)49(34(2)3)32-51(100-41(10)82)65-76-48(33-102-65)63(94)74-43(27-36(5)67(97)98)28-42-17-18-50-47(29-42)75-61(92)39(8)70-59(90)38(7)72-64(95)58(77-53(85)24-26-81-56(88)21-22-57(81)89)46(30-44(83)23-25-80-54(86)19-20-55(80)87)62(93)71-37(6)60(91)73-40(9)68(99)101-50/h17-22,29,33-40,43,45-46,49,51,58H,16,23-28,30-32H2,1-15H3,(H,70,90)(H,71,93)(H,72,95)(H,73,91)(H,74,94)(H,75,92)(H,77,85)(H,97,98)/t35-,36?,37?,38?,39?,40?,43+,45-,46?,49+,51+,58?/m0/s1.